The van der Waals surface area contributed by atoms with Crippen LogP contribution in [0.25, 0.3) is 6.08 Å². The van der Waals surface area contributed by atoms with E-state index in [1.165, 1.54) is 0 Å². The third-order valence-electron chi connectivity index (χ3n) is 5.27. The van der Waals surface area contributed by atoms with Crippen molar-refractivity contribution in [3.63, 3.8) is 0 Å². The number of hydrogen-bond donors (Lipinski definition) is 0. The molecule has 1 saturated heterocycles. The zero-order chi connectivity index (χ0) is 25.7. The van der Waals surface area contributed by atoms with Gasteiger partial charge < -0.3 is 9.47 Å². The number of ether oxygens (including phenoxy) is 2. The molecule has 5 nitrogen and oxygen atoms in total. The van der Waals surface area contributed by atoms with Crippen LogP contribution in [0, 0.1) is 0 Å². The monoisotopic (exact) mass is 583 g/mol. The van der Waals surface area contributed by atoms with Gasteiger partial charge in [-0.15, -0.1) is 6.58 Å². The minimum Gasteiger partial charge on any atom is -0.490 e. The number of anilines is 1. The van der Waals surface area contributed by atoms with Crippen LogP contribution in [0.15, 0.2) is 82.7 Å². The summed E-state index contributed by atoms with van der Waals surface area (Å²) in [6.07, 6.45) is 4.03. The van der Waals surface area contributed by atoms with E-state index in [0.29, 0.717) is 46.7 Å². The molecule has 1 aliphatic heterocycles. The maximum absolute atomic E-state index is 13.1. The van der Waals surface area contributed by atoms with Gasteiger partial charge in [-0.2, -0.15) is 0 Å². The van der Waals surface area contributed by atoms with E-state index in [-0.39, 0.29) is 5.24 Å². The standard InChI is InChI=1S/C28H23BrClNO4S/c1-3-6-20-13-19(14-24(34-4-2)26(20)35-17-18-9-11-21(29)12-10-18)15-25-27(32)31(28(33)36-25)23-8-5-7-22(30)16-23/h3,5,7-16H,1,4,6,17H2,2H3/b25-15+. The van der Waals surface area contributed by atoms with Gasteiger partial charge in [-0.1, -0.05) is 51.8 Å². The van der Waals surface area contributed by atoms with Crippen LogP contribution in [0.4, 0.5) is 10.5 Å². The third-order valence-corrected chi connectivity index (χ3v) is 6.91. The number of imide groups is 1. The number of carbonyl (C=O) groups excluding carboxylic acids is 2. The lowest BCUT2D eigenvalue weighted by molar-refractivity contribution is -0.113. The fraction of sp³-hybridized carbons (Fsp3) is 0.143. The Hall–Kier alpha value is -3.00. The Labute approximate surface area is 227 Å². The van der Waals surface area contributed by atoms with E-state index >= 15 is 0 Å². The maximum Gasteiger partial charge on any atom is 0.298 e. The summed E-state index contributed by atoms with van der Waals surface area (Å²) < 4.78 is 13.1. The summed E-state index contributed by atoms with van der Waals surface area (Å²) in [6.45, 7) is 6.58. The third kappa shape index (κ3) is 6.03. The first-order valence-electron chi connectivity index (χ1n) is 11.2. The molecule has 3 aromatic carbocycles. The highest BCUT2D eigenvalue weighted by Gasteiger charge is 2.36. The predicted molar refractivity (Wildman–Crippen MR) is 150 cm³/mol. The van der Waals surface area contributed by atoms with E-state index in [4.69, 9.17) is 21.1 Å². The molecule has 1 aliphatic rings. The van der Waals surface area contributed by atoms with E-state index < -0.39 is 5.91 Å². The van der Waals surface area contributed by atoms with Crippen LogP contribution in [0.5, 0.6) is 11.5 Å². The molecule has 1 fully saturated rings. The summed E-state index contributed by atoms with van der Waals surface area (Å²) in [6, 6.07) is 18.3. The highest BCUT2D eigenvalue weighted by atomic mass is 79.9. The van der Waals surface area contributed by atoms with Crippen molar-refractivity contribution in [1.82, 2.24) is 0 Å². The van der Waals surface area contributed by atoms with Crippen LogP contribution < -0.4 is 14.4 Å². The summed E-state index contributed by atoms with van der Waals surface area (Å²) in [5.41, 5.74) is 3.05. The van der Waals surface area contributed by atoms with Gasteiger partial charge in [0, 0.05) is 15.1 Å². The first-order valence-corrected chi connectivity index (χ1v) is 13.2. The van der Waals surface area contributed by atoms with E-state index in [2.05, 4.69) is 22.5 Å². The lowest BCUT2D eigenvalue weighted by atomic mass is 10.0. The molecule has 2 amide bonds. The van der Waals surface area contributed by atoms with Crippen molar-refractivity contribution in [3.05, 3.63) is 104 Å². The van der Waals surface area contributed by atoms with Crippen molar-refractivity contribution in [2.75, 3.05) is 11.5 Å². The second kappa shape index (κ2) is 11.8. The molecule has 4 rings (SSSR count). The zero-order valence-electron chi connectivity index (χ0n) is 19.5. The average molecular weight is 585 g/mol. The molecule has 0 saturated carbocycles. The summed E-state index contributed by atoms with van der Waals surface area (Å²) in [5.74, 6) is 0.796. The Balaban J connectivity index is 1.66. The van der Waals surface area contributed by atoms with Crippen LogP contribution in [0.2, 0.25) is 5.02 Å². The second-order valence-corrected chi connectivity index (χ2v) is 10.2. The molecule has 0 aromatic heterocycles. The number of amides is 2. The Morgan fingerprint density at radius 1 is 1.08 bits per heavy atom. The predicted octanol–water partition coefficient (Wildman–Crippen LogP) is 8.05. The molecule has 184 valence electrons. The van der Waals surface area contributed by atoms with Gasteiger partial charge in [0.05, 0.1) is 17.2 Å². The van der Waals surface area contributed by atoms with Crippen molar-refractivity contribution < 1.29 is 19.1 Å². The number of allylic oxidation sites excluding steroid dienone is 1. The topological polar surface area (TPSA) is 55.8 Å². The number of rotatable bonds is 9. The molecule has 1 heterocycles. The van der Waals surface area contributed by atoms with E-state index in [1.54, 1.807) is 36.4 Å². The molecule has 0 bridgehead atoms. The average Bonchev–Trinajstić information content (AvgIpc) is 3.12. The van der Waals surface area contributed by atoms with Crippen LogP contribution in [0.1, 0.15) is 23.6 Å². The van der Waals surface area contributed by atoms with Gasteiger partial charge >= 0.3 is 0 Å². The minimum absolute atomic E-state index is 0.315. The van der Waals surface area contributed by atoms with Gasteiger partial charge in [-0.3, -0.25) is 9.59 Å². The SMILES string of the molecule is C=CCc1cc(/C=C2/SC(=O)N(c3cccc(Cl)c3)C2=O)cc(OCC)c1OCc1ccc(Br)cc1. The number of halogens is 2. The quantitative estimate of drug-likeness (QED) is 0.188. The fourth-order valence-corrected chi connectivity index (χ4v) is 4.98. The molecule has 36 heavy (non-hydrogen) atoms. The first kappa shape index (κ1) is 26.1. The number of hydrogen-bond acceptors (Lipinski definition) is 5. The lowest BCUT2D eigenvalue weighted by Crippen LogP contribution is -2.27. The van der Waals surface area contributed by atoms with E-state index in [0.717, 1.165) is 37.8 Å². The molecule has 0 radical (unpaired) electrons. The molecule has 3 aromatic rings. The molecule has 0 spiro atoms. The number of benzene rings is 3. The molecule has 0 atom stereocenters. The molecule has 8 heteroatoms. The smallest absolute Gasteiger partial charge is 0.298 e. The molecule has 0 N–H and O–H groups in total. The lowest BCUT2D eigenvalue weighted by Gasteiger charge is -2.17. The van der Waals surface area contributed by atoms with Crippen molar-refractivity contribution in [2.45, 2.75) is 20.0 Å². The number of nitrogens with zero attached hydrogens (tertiary/aromatic N) is 1. The number of carbonyl (C=O) groups is 2. The molecular formula is C28H23BrClNO4S. The van der Waals surface area contributed by atoms with Crippen LogP contribution in [-0.4, -0.2) is 17.8 Å². The first-order chi connectivity index (χ1) is 17.4. The van der Waals surface area contributed by atoms with Crippen LogP contribution in [-0.2, 0) is 17.8 Å². The van der Waals surface area contributed by atoms with Crippen LogP contribution in [0.3, 0.4) is 0 Å². The zero-order valence-corrected chi connectivity index (χ0v) is 22.7. The van der Waals surface area contributed by atoms with Crippen molar-refractivity contribution in [3.8, 4) is 11.5 Å². The summed E-state index contributed by atoms with van der Waals surface area (Å²) in [5, 5.41) is 0.0731. The minimum atomic E-state index is -0.397. The van der Waals surface area contributed by atoms with Gasteiger partial charge in [0.25, 0.3) is 11.1 Å². The van der Waals surface area contributed by atoms with Crippen molar-refractivity contribution in [2.24, 2.45) is 0 Å². The Morgan fingerprint density at radius 3 is 2.56 bits per heavy atom. The van der Waals surface area contributed by atoms with Gasteiger partial charge in [0.1, 0.15) is 6.61 Å². The van der Waals surface area contributed by atoms with Crippen LogP contribution >= 0.6 is 39.3 Å². The summed E-state index contributed by atoms with van der Waals surface area (Å²) in [4.78, 5) is 27.2. The largest absolute Gasteiger partial charge is 0.490 e. The molecular weight excluding hydrogens is 562 g/mol. The number of thioether (sulfide) groups is 1. The highest BCUT2D eigenvalue weighted by Crippen LogP contribution is 2.39. The summed E-state index contributed by atoms with van der Waals surface area (Å²) in [7, 11) is 0. The van der Waals surface area contributed by atoms with E-state index in [1.807, 2.05) is 43.3 Å². The van der Waals surface area contributed by atoms with Gasteiger partial charge in [0.2, 0.25) is 0 Å². The second-order valence-electron chi connectivity index (χ2n) is 7.85. The van der Waals surface area contributed by atoms with Gasteiger partial charge in [0.15, 0.2) is 11.5 Å². The van der Waals surface area contributed by atoms with Crippen molar-refractivity contribution >= 4 is 62.2 Å². The van der Waals surface area contributed by atoms with Gasteiger partial charge in [-0.05, 0) is 84.8 Å². The highest BCUT2D eigenvalue weighted by molar-refractivity contribution is 9.10. The Kier molecular flexibility index (Phi) is 8.56. The van der Waals surface area contributed by atoms with Crippen molar-refractivity contribution in [1.29, 1.82) is 0 Å². The normalized spacial score (nSPS) is 14.4. The maximum atomic E-state index is 13.1. The van der Waals surface area contributed by atoms with E-state index in [9.17, 15) is 9.59 Å². The Bertz CT molecular complexity index is 1340. The molecule has 0 unspecified atom stereocenters. The Morgan fingerprint density at radius 2 is 1.86 bits per heavy atom. The summed E-state index contributed by atoms with van der Waals surface area (Å²) >= 11 is 10.4. The molecule has 0 aliphatic carbocycles. The fourth-order valence-electron chi connectivity index (χ4n) is 3.69. The van der Waals surface area contributed by atoms with Gasteiger partial charge in [-0.25, -0.2) is 4.90 Å².